The van der Waals surface area contributed by atoms with Gasteiger partial charge in [0, 0.05) is 19.1 Å². The highest BCUT2D eigenvalue weighted by atomic mass is 32.2. The number of aliphatic carboxylic acids is 1. The molecule has 9 heteroatoms. The number of rotatable bonds is 5. The summed E-state index contributed by atoms with van der Waals surface area (Å²) in [5, 5.41) is 8.37. The van der Waals surface area contributed by atoms with Gasteiger partial charge in [0.25, 0.3) is 0 Å². The average Bonchev–Trinajstić information content (AvgIpc) is 2.54. The molecule has 0 spiro atoms. The third-order valence-corrected chi connectivity index (χ3v) is 7.45. The van der Waals surface area contributed by atoms with Crippen molar-refractivity contribution in [2.24, 2.45) is 0 Å². The van der Waals surface area contributed by atoms with Gasteiger partial charge in [-0.2, -0.15) is 4.31 Å². The first-order valence-corrected chi connectivity index (χ1v) is 11.2. The summed E-state index contributed by atoms with van der Waals surface area (Å²) < 4.78 is 31.9. The van der Waals surface area contributed by atoms with Gasteiger partial charge in [0.15, 0.2) is 0 Å². The van der Waals surface area contributed by atoms with Gasteiger partial charge in [-0.25, -0.2) is 13.2 Å². The van der Waals surface area contributed by atoms with Crippen molar-refractivity contribution in [1.29, 1.82) is 0 Å². The predicted octanol–water partition coefficient (Wildman–Crippen LogP) is 2.44. The van der Waals surface area contributed by atoms with Crippen molar-refractivity contribution < 1.29 is 27.9 Å². The normalized spacial score (nSPS) is 26.6. The number of carbonyl (C=O) groups is 2. The smallest absolute Gasteiger partial charge is 0.410 e. The summed E-state index contributed by atoms with van der Waals surface area (Å²) >= 11 is 0. The molecule has 0 radical (unpaired) electrons. The molecular formula is C18H32N2O6S. The van der Waals surface area contributed by atoms with Crippen molar-refractivity contribution in [2.45, 2.75) is 82.6 Å². The molecule has 1 amide bonds. The Hall–Kier alpha value is -1.35. The van der Waals surface area contributed by atoms with E-state index < -0.39 is 33.4 Å². The van der Waals surface area contributed by atoms with Gasteiger partial charge in [0.1, 0.15) is 12.1 Å². The number of hydrogen-bond donors (Lipinski definition) is 1. The number of piperidine rings is 1. The maximum absolute atomic E-state index is 12.7. The van der Waals surface area contributed by atoms with Gasteiger partial charge in [0.2, 0.25) is 10.0 Å². The van der Waals surface area contributed by atoms with E-state index in [9.17, 15) is 18.0 Å². The number of nitrogens with zero attached hydrogens (tertiary/aromatic N) is 2. The van der Waals surface area contributed by atoms with Crippen molar-refractivity contribution >= 4 is 22.1 Å². The number of likely N-dealkylation sites (tertiary alicyclic amines) is 1. The lowest BCUT2D eigenvalue weighted by molar-refractivity contribution is -0.137. The number of carboxylic acid groups (broad SMARTS) is 1. The van der Waals surface area contributed by atoms with Gasteiger partial charge in [-0.15, -0.1) is 0 Å². The molecule has 2 unspecified atom stereocenters. The van der Waals surface area contributed by atoms with Crippen molar-refractivity contribution in [3.05, 3.63) is 0 Å². The van der Waals surface area contributed by atoms with Crippen molar-refractivity contribution in [3.8, 4) is 0 Å². The summed E-state index contributed by atoms with van der Waals surface area (Å²) in [6.45, 7) is 5.90. The number of carboxylic acids is 1. The quantitative estimate of drug-likeness (QED) is 0.755. The van der Waals surface area contributed by atoms with Crippen molar-refractivity contribution in [3.63, 3.8) is 0 Å². The van der Waals surface area contributed by atoms with E-state index in [1.54, 1.807) is 4.90 Å². The number of sulfonamides is 1. The van der Waals surface area contributed by atoms with Gasteiger partial charge in [-0.05, 0) is 65.7 Å². The zero-order valence-electron chi connectivity index (χ0n) is 16.5. The molecule has 0 aromatic heterocycles. The summed E-state index contributed by atoms with van der Waals surface area (Å²) in [7, 11) is -3.61. The summed E-state index contributed by atoms with van der Waals surface area (Å²) in [4.78, 5) is 25.2. The van der Waals surface area contributed by atoms with E-state index in [1.807, 2.05) is 20.8 Å². The highest BCUT2D eigenvalue weighted by Gasteiger charge is 2.38. The first kappa shape index (κ1) is 21.9. The van der Waals surface area contributed by atoms with E-state index in [2.05, 4.69) is 0 Å². The van der Waals surface area contributed by atoms with Crippen LogP contribution in [0.1, 0.15) is 65.7 Å². The van der Waals surface area contributed by atoms with Gasteiger partial charge < -0.3 is 14.7 Å². The van der Waals surface area contributed by atoms with Gasteiger partial charge in [-0.3, -0.25) is 4.79 Å². The monoisotopic (exact) mass is 404 g/mol. The Morgan fingerprint density at radius 3 is 2.41 bits per heavy atom. The molecule has 0 saturated carbocycles. The molecule has 2 fully saturated rings. The zero-order valence-corrected chi connectivity index (χ0v) is 17.3. The molecule has 2 heterocycles. The van der Waals surface area contributed by atoms with Gasteiger partial charge >= 0.3 is 12.1 Å². The summed E-state index contributed by atoms with van der Waals surface area (Å²) in [6.07, 6.45) is 4.65. The Balaban J connectivity index is 2.00. The van der Waals surface area contributed by atoms with E-state index in [-0.39, 0.29) is 18.7 Å². The average molecular weight is 405 g/mol. The highest BCUT2D eigenvalue weighted by molar-refractivity contribution is 7.89. The van der Waals surface area contributed by atoms with Crippen LogP contribution in [-0.4, -0.2) is 71.3 Å². The minimum atomic E-state index is -3.61. The molecule has 0 bridgehead atoms. The Kier molecular flexibility index (Phi) is 7.13. The molecule has 2 atom stereocenters. The molecule has 2 saturated heterocycles. The maximum atomic E-state index is 12.7. The van der Waals surface area contributed by atoms with Crippen LogP contribution in [0.3, 0.4) is 0 Å². The summed E-state index contributed by atoms with van der Waals surface area (Å²) in [5.74, 6) is -1.14. The third kappa shape index (κ3) is 6.07. The van der Waals surface area contributed by atoms with Crippen molar-refractivity contribution in [1.82, 2.24) is 9.21 Å². The fourth-order valence-corrected chi connectivity index (χ4v) is 5.83. The predicted molar refractivity (Wildman–Crippen MR) is 101 cm³/mol. The SMILES string of the molecule is CC(C)(C)OC(=O)N1CCCCC1CCC1CCCN(CC(=O)O)S1(=O)=O. The Morgan fingerprint density at radius 2 is 1.78 bits per heavy atom. The minimum absolute atomic E-state index is 0.0290. The second-order valence-corrected chi connectivity index (χ2v) is 10.7. The molecular weight excluding hydrogens is 372 g/mol. The van der Waals surface area contributed by atoms with Crippen LogP contribution in [-0.2, 0) is 19.6 Å². The van der Waals surface area contributed by atoms with Crippen LogP contribution in [0.15, 0.2) is 0 Å². The Morgan fingerprint density at radius 1 is 1.07 bits per heavy atom. The molecule has 1 N–H and O–H groups in total. The lowest BCUT2D eigenvalue weighted by Gasteiger charge is -2.38. The summed E-state index contributed by atoms with van der Waals surface area (Å²) in [5.41, 5.74) is -0.566. The first-order chi connectivity index (χ1) is 12.5. The molecule has 156 valence electrons. The molecule has 0 aromatic carbocycles. The van der Waals surface area contributed by atoms with E-state index in [1.165, 1.54) is 0 Å². The van der Waals surface area contributed by atoms with Crippen LogP contribution in [0.2, 0.25) is 0 Å². The molecule has 2 aliphatic rings. The first-order valence-electron chi connectivity index (χ1n) is 9.71. The second kappa shape index (κ2) is 8.77. The number of carbonyl (C=O) groups excluding carboxylic acids is 1. The van der Waals surface area contributed by atoms with Crippen LogP contribution >= 0.6 is 0 Å². The van der Waals surface area contributed by atoms with Gasteiger partial charge in [-0.1, -0.05) is 0 Å². The van der Waals surface area contributed by atoms with E-state index in [4.69, 9.17) is 9.84 Å². The largest absolute Gasteiger partial charge is 0.480 e. The lowest BCUT2D eigenvalue weighted by atomic mass is 9.96. The third-order valence-electron chi connectivity index (χ3n) is 5.10. The minimum Gasteiger partial charge on any atom is -0.480 e. The van der Waals surface area contributed by atoms with Crippen molar-refractivity contribution in [2.75, 3.05) is 19.6 Å². The molecule has 2 aliphatic heterocycles. The zero-order chi connectivity index (χ0) is 20.2. The molecule has 2 rings (SSSR count). The molecule has 8 nitrogen and oxygen atoms in total. The van der Waals surface area contributed by atoms with Gasteiger partial charge in [0.05, 0.1) is 5.25 Å². The molecule has 27 heavy (non-hydrogen) atoms. The van der Waals surface area contributed by atoms with Crippen LogP contribution in [0.5, 0.6) is 0 Å². The number of hydrogen-bond acceptors (Lipinski definition) is 5. The maximum Gasteiger partial charge on any atom is 0.410 e. The lowest BCUT2D eigenvalue weighted by Crippen LogP contribution is -2.48. The van der Waals surface area contributed by atoms with Crippen LogP contribution < -0.4 is 0 Å². The summed E-state index contributed by atoms with van der Waals surface area (Å²) in [6, 6.07) is -0.0290. The fourth-order valence-electron chi connectivity index (χ4n) is 3.84. The number of ether oxygens (including phenoxy) is 1. The number of amides is 1. The fraction of sp³-hybridized carbons (Fsp3) is 0.889. The van der Waals surface area contributed by atoms with Crippen LogP contribution in [0.25, 0.3) is 0 Å². The molecule has 0 aliphatic carbocycles. The standard InChI is InChI=1S/C18H32N2O6S/c1-18(2,3)26-17(23)20-12-5-4-7-14(20)9-10-15-8-6-11-19(13-16(21)22)27(15,24)25/h14-15H,4-13H2,1-3H3,(H,21,22). The van der Waals surface area contributed by atoms with Crippen LogP contribution in [0.4, 0.5) is 4.79 Å². The Bertz CT molecular complexity index is 643. The highest BCUT2D eigenvalue weighted by Crippen LogP contribution is 2.29. The van der Waals surface area contributed by atoms with Crippen LogP contribution in [0, 0.1) is 0 Å². The molecule has 0 aromatic rings. The van der Waals surface area contributed by atoms with E-state index >= 15 is 0 Å². The second-order valence-electron chi connectivity index (χ2n) is 8.44. The van der Waals surface area contributed by atoms with E-state index in [0.717, 1.165) is 23.6 Å². The Labute approximate surface area is 161 Å². The topological polar surface area (TPSA) is 104 Å². The van der Waals surface area contributed by atoms with E-state index in [0.29, 0.717) is 32.2 Å².